The quantitative estimate of drug-likeness (QED) is 0.891. The molecule has 2 fully saturated rings. The molecule has 2 aliphatic rings. The summed E-state index contributed by atoms with van der Waals surface area (Å²) in [5, 5.41) is 10.0. The second-order valence-corrected chi connectivity index (χ2v) is 8.02. The van der Waals surface area contributed by atoms with Crippen LogP contribution in [0.5, 0.6) is 0 Å². The average molecular weight is 347 g/mol. The Hall–Kier alpha value is -1.24. The fourth-order valence-electron chi connectivity index (χ4n) is 3.95. The van der Waals surface area contributed by atoms with Gasteiger partial charge in [0, 0.05) is 25.2 Å². The Labute approximate surface area is 147 Å². The molecule has 2 aromatic rings. The Morgan fingerprint density at radius 1 is 1.21 bits per heavy atom. The summed E-state index contributed by atoms with van der Waals surface area (Å²) in [5.41, 5.74) is 0. The fourth-order valence-corrected chi connectivity index (χ4v) is 4.60. The highest BCUT2D eigenvalue weighted by atomic mass is 32.1. The first-order valence-corrected chi connectivity index (χ1v) is 10.0. The van der Waals surface area contributed by atoms with E-state index in [0.717, 1.165) is 29.9 Å². The highest BCUT2D eigenvalue weighted by molar-refractivity contribution is 7.13. The lowest BCUT2D eigenvalue weighted by Crippen LogP contribution is -2.46. The monoisotopic (exact) mass is 346 g/mol. The van der Waals surface area contributed by atoms with Crippen LogP contribution in [0, 0.1) is 0 Å². The van der Waals surface area contributed by atoms with Crippen LogP contribution in [-0.4, -0.2) is 40.2 Å². The van der Waals surface area contributed by atoms with Crippen molar-refractivity contribution in [1.29, 1.82) is 0 Å². The predicted octanol–water partition coefficient (Wildman–Crippen LogP) is 3.86. The number of aromatic nitrogens is 2. The zero-order chi connectivity index (χ0) is 16.4. The standard InChI is InChI=1S/C18H26N4OS/c1-13(18-20-17(21-23-18)16-7-4-12-24-16)22-10-8-15(9-11-22)19-14-5-2-3-6-14/h4,7,12-15,19H,2-3,5-6,8-11H2,1H3/t13-/m0/s1. The molecule has 1 aliphatic heterocycles. The number of hydrogen-bond donors (Lipinski definition) is 1. The molecular formula is C18H26N4OS. The Morgan fingerprint density at radius 3 is 2.67 bits per heavy atom. The van der Waals surface area contributed by atoms with Crippen LogP contribution in [0.1, 0.15) is 57.4 Å². The lowest BCUT2D eigenvalue weighted by molar-refractivity contribution is 0.126. The van der Waals surface area contributed by atoms with Gasteiger partial charge in [-0.2, -0.15) is 4.98 Å². The number of piperidine rings is 1. The third-order valence-corrected chi connectivity index (χ3v) is 6.31. The van der Waals surface area contributed by atoms with Crippen LogP contribution in [0.15, 0.2) is 22.0 Å². The molecule has 5 nitrogen and oxygen atoms in total. The van der Waals surface area contributed by atoms with E-state index < -0.39 is 0 Å². The minimum absolute atomic E-state index is 0.193. The Morgan fingerprint density at radius 2 is 1.96 bits per heavy atom. The maximum atomic E-state index is 5.53. The molecule has 1 N–H and O–H groups in total. The van der Waals surface area contributed by atoms with Crippen molar-refractivity contribution in [3.05, 3.63) is 23.4 Å². The van der Waals surface area contributed by atoms with Gasteiger partial charge in [0.15, 0.2) is 0 Å². The number of hydrogen-bond acceptors (Lipinski definition) is 6. The van der Waals surface area contributed by atoms with Crippen LogP contribution in [0.25, 0.3) is 10.7 Å². The number of nitrogens with zero attached hydrogens (tertiary/aromatic N) is 3. The number of likely N-dealkylation sites (tertiary alicyclic amines) is 1. The van der Waals surface area contributed by atoms with Gasteiger partial charge in [-0.05, 0) is 44.1 Å². The SMILES string of the molecule is C[C@@H](c1nc(-c2cccs2)no1)N1CCC(NC2CCCC2)CC1. The van der Waals surface area contributed by atoms with E-state index in [1.165, 1.54) is 38.5 Å². The summed E-state index contributed by atoms with van der Waals surface area (Å²) in [5.74, 6) is 1.45. The Kier molecular flexibility index (Phi) is 4.96. The molecule has 130 valence electrons. The van der Waals surface area contributed by atoms with Gasteiger partial charge >= 0.3 is 0 Å². The summed E-state index contributed by atoms with van der Waals surface area (Å²) in [6.45, 7) is 4.38. The van der Waals surface area contributed by atoms with E-state index in [1.807, 2.05) is 17.5 Å². The van der Waals surface area contributed by atoms with Gasteiger partial charge in [0.25, 0.3) is 0 Å². The highest BCUT2D eigenvalue weighted by Crippen LogP contribution is 2.27. The van der Waals surface area contributed by atoms with Crippen molar-refractivity contribution in [2.75, 3.05) is 13.1 Å². The second-order valence-electron chi connectivity index (χ2n) is 7.07. The molecule has 1 atom stereocenters. The van der Waals surface area contributed by atoms with Crippen LogP contribution >= 0.6 is 11.3 Å². The molecule has 1 saturated heterocycles. The molecule has 0 amide bonds. The summed E-state index contributed by atoms with van der Waals surface area (Å²) < 4.78 is 5.53. The molecule has 0 unspecified atom stereocenters. The largest absolute Gasteiger partial charge is 0.337 e. The van der Waals surface area contributed by atoms with Crippen molar-refractivity contribution in [2.24, 2.45) is 0 Å². The summed E-state index contributed by atoms with van der Waals surface area (Å²) in [4.78, 5) is 8.14. The third kappa shape index (κ3) is 3.55. The van der Waals surface area contributed by atoms with Gasteiger partial charge in [0.2, 0.25) is 11.7 Å². The summed E-state index contributed by atoms with van der Waals surface area (Å²) in [6.07, 6.45) is 7.96. The maximum Gasteiger partial charge on any atom is 0.244 e. The molecule has 24 heavy (non-hydrogen) atoms. The first kappa shape index (κ1) is 16.2. The highest BCUT2D eigenvalue weighted by Gasteiger charge is 2.28. The van der Waals surface area contributed by atoms with Gasteiger partial charge in [0.1, 0.15) is 0 Å². The van der Waals surface area contributed by atoms with Gasteiger partial charge in [-0.25, -0.2) is 0 Å². The van der Waals surface area contributed by atoms with E-state index in [-0.39, 0.29) is 6.04 Å². The van der Waals surface area contributed by atoms with Crippen molar-refractivity contribution < 1.29 is 4.52 Å². The molecule has 6 heteroatoms. The summed E-state index contributed by atoms with van der Waals surface area (Å²) in [7, 11) is 0. The van der Waals surface area contributed by atoms with E-state index in [0.29, 0.717) is 11.9 Å². The first-order chi connectivity index (χ1) is 11.8. The number of thiophene rings is 1. The van der Waals surface area contributed by atoms with Crippen LogP contribution in [0.3, 0.4) is 0 Å². The number of nitrogens with one attached hydrogen (secondary N) is 1. The zero-order valence-electron chi connectivity index (χ0n) is 14.3. The van der Waals surface area contributed by atoms with Crippen LogP contribution < -0.4 is 5.32 Å². The third-order valence-electron chi connectivity index (χ3n) is 5.44. The lowest BCUT2D eigenvalue weighted by atomic mass is 10.0. The number of rotatable bonds is 5. The van der Waals surface area contributed by atoms with Crippen LogP contribution in [0.2, 0.25) is 0 Å². The van der Waals surface area contributed by atoms with Crippen molar-refractivity contribution in [3.8, 4) is 10.7 Å². The molecule has 1 aliphatic carbocycles. The van der Waals surface area contributed by atoms with Crippen LogP contribution in [0.4, 0.5) is 0 Å². The topological polar surface area (TPSA) is 54.2 Å². The van der Waals surface area contributed by atoms with E-state index in [2.05, 4.69) is 27.3 Å². The summed E-state index contributed by atoms with van der Waals surface area (Å²) in [6, 6.07) is 5.69. The van der Waals surface area contributed by atoms with Crippen molar-refractivity contribution in [3.63, 3.8) is 0 Å². The predicted molar refractivity (Wildman–Crippen MR) is 96.0 cm³/mol. The minimum Gasteiger partial charge on any atom is -0.337 e. The van der Waals surface area contributed by atoms with Crippen LogP contribution in [-0.2, 0) is 0 Å². The molecule has 4 rings (SSSR count). The second kappa shape index (κ2) is 7.33. The van der Waals surface area contributed by atoms with E-state index >= 15 is 0 Å². The molecule has 1 saturated carbocycles. The van der Waals surface area contributed by atoms with Gasteiger partial charge in [-0.1, -0.05) is 24.1 Å². The van der Waals surface area contributed by atoms with E-state index in [4.69, 9.17) is 4.52 Å². The lowest BCUT2D eigenvalue weighted by Gasteiger charge is -2.36. The van der Waals surface area contributed by atoms with Gasteiger partial charge in [-0.3, -0.25) is 4.90 Å². The zero-order valence-corrected chi connectivity index (χ0v) is 15.1. The molecular weight excluding hydrogens is 320 g/mol. The average Bonchev–Trinajstić information content (AvgIpc) is 3.36. The molecule has 0 radical (unpaired) electrons. The molecule has 2 aromatic heterocycles. The van der Waals surface area contributed by atoms with Gasteiger partial charge in [-0.15, -0.1) is 11.3 Å². The maximum absolute atomic E-state index is 5.53. The Bertz CT molecular complexity index is 627. The minimum atomic E-state index is 0.193. The van der Waals surface area contributed by atoms with Gasteiger partial charge in [0.05, 0.1) is 10.9 Å². The summed E-state index contributed by atoms with van der Waals surface area (Å²) >= 11 is 1.65. The van der Waals surface area contributed by atoms with Crippen molar-refractivity contribution >= 4 is 11.3 Å². The molecule has 0 spiro atoms. The van der Waals surface area contributed by atoms with Crippen molar-refractivity contribution in [2.45, 2.75) is 63.6 Å². The molecule has 0 aromatic carbocycles. The smallest absolute Gasteiger partial charge is 0.244 e. The Balaban J connectivity index is 1.32. The normalized spacial score (nSPS) is 22.2. The first-order valence-electron chi connectivity index (χ1n) is 9.17. The van der Waals surface area contributed by atoms with Gasteiger partial charge < -0.3 is 9.84 Å². The van der Waals surface area contributed by atoms with Crippen molar-refractivity contribution in [1.82, 2.24) is 20.4 Å². The molecule has 3 heterocycles. The molecule has 0 bridgehead atoms. The fraction of sp³-hybridized carbons (Fsp3) is 0.667. The van der Waals surface area contributed by atoms with E-state index in [9.17, 15) is 0 Å². The van der Waals surface area contributed by atoms with E-state index in [1.54, 1.807) is 11.3 Å².